The summed E-state index contributed by atoms with van der Waals surface area (Å²) in [7, 11) is -3.75. The second-order valence-corrected chi connectivity index (χ2v) is 8.37. The van der Waals surface area contributed by atoms with Crippen LogP contribution in [0.25, 0.3) is 0 Å². The van der Waals surface area contributed by atoms with Gasteiger partial charge in [0.05, 0.1) is 5.54 Å². The molecule has 0 aromatic heterocycles. The van der Waals surface area contributed by atoms with Crippen LogP contribution in [-0.4, -0.2) is 31.4 Å². The number of hydrogen-bond acceptors (Lipinski definition) is 4. The van der Waals surface area contributed by atoms with Gasteiger partial charge in [-0.15, -0.1) is 0 Å². The van der Waals surface area contributed by atoms with Gasteiger partial charge in [0, 0.05) is 11.3 Å². The number of hydrogen-bond donors (Lipinski definition) is 1. The maximum atomic E-state index is 14.0. The average molecular weight is 330 g/mol. The number of halogens is 2. The lowest BCUT2D eigenvalue weighted by molar-refractivity contribution is 0.334. The second kappa shape index (κ2) is 5.61. The minimum atomic E-state index is -3.75. The lowest BCUT2D eigenvalue weighted by Crippen LogP contribution is -2.57. The van der Waals surface area contributed by atoms with E-state index >= 15 is 0 Å². The Bertz CT molecular complexity index is 705. The molecular formula is C15H20F2N2O2S. The number of nitrogens with zero attached hydrogens (tertiary/aromatic N) is 1. The van der Waals surface area contributed by atoms with E-state index in [0.717, 1.165) is 0 Å². The Kier molecular flexibility index (Phi) is 4.30. The quantitative estimate of drug-likeness (QED) is 0.921. The first-order valence-electron chi connectivity index (χ1n) is 7.11. The molecule has 1 heterocycles. The van der Waals surface area contributed by atoms with Crippen molar-refractivity contribution in [3.8, 4) is 0 Å². The van der Waals surface area contributed by atoms with Crippen molar-refractivity contribution in [1.29, 1.82) is 0 Å². The molecule has 0 amide bonds. The summed E-state index contributed by atoms with van der Waals surface area (Å²) in [6.07, 6.45) is 0.192. The van der Waals surface area contributed by atoms with Crippen LogP contribution in [-0.2, 0) is 15.4 Å². The summed E-state index contributed by atoms with van der Waals surface area (Å²) in [5, 5.41) is 0. The Hall–Kier alpha value is -1.50. The molecule has 4 nitrogen and oxygen atoms in total. The fourth-order valence-electron chi connectivity index (χ4n) is 2.90. The summed E-state index contributed by atoms with van der Waals surface area (Å²) in [5.74, 6) is -0.926. The Morgan fingerprint density at radius 2 is 1.95 bits per heavy atom. The Morgan fingerprint density at radius 1 is 1.32 bits per heavy atom. The van der Waals surface area contributed by atoms with Crippen molar-refractivity contribution in [3.63, 3.8) is 0 Å². The van der Waals surface area contributed by atoms with Gasteiger partial charge in [0.15, 0.2) is 14.6 Å². The van der Waals surface area contributed by atoms with Gasteiger partial charge in [0.2, 0.25) is 0 Å². The Balaban J connectivity index is 2.56. The van der Waals surface area contributed by atoms with Gasteiger partial charge < -0.3 is 5.73 Å². The first-order chi connectivity index (χ1) is 10.2. The summed E-state index contributed by atoms with van der Waals surface area (Å²) in [4.78, 5) is 4.22. The predicted octanol–water partition coefficient (Wildman–Crippen LogP) is 2.33. The van der Waals surface area contributed by atoms with Crippen molar-refractivity contribution in [2.45, 2.75) is 37.0 Å². The van der Waals surface area contributed by atoms with Gasteiger partial charge in [0.25, 0.3) is 0 Å². The molecule has 2 N–H and O–H groups in total. The lowest BCUT2D eigenvalue weighted by Gasteiger charge is -2.40. The Morgan fingerprint density at radius 3 is 2.45 bits per heavy atom. The third-order valence-electron chi connectivity index (χ3n) is 4.49. The van der Waals surface area contributed by atoms with Gasteiger partial charge in [-0.3, -0.25) is 4.99 Å². The molecule has 2 atom stereocenters. The van der Waals surface area contributed by atoms with E-state index in [9.17, 15) is 17.2 Å². The first-order valence-corrected chi connectivity index (χ1v) is 8.77. The molecule has 22 heavy (non-hydrogen) atoms. The van der Waals surface area contributed by atoms with Gasteiger partial charge in [0.1, 0.15) is 18.3 Å². The van der Waals surface area contributed by atoms with Crippen LogP contribution in [0.4, 0.5) is 8.78 Å². The van der Waals surface area contributed by atoms with Crippen molar-refractivity contribution in [2.75, 3.05) is 12.4 Å². The smallest absolute Gasteiger partial charge is 0.165 e. The number of benzene rings is 1. The lowest BCUT2D eigenvalue weighted by atomic mass is 9.81. The molecular weight excluding hydrogens is 310 g/mol. The monoisotopic (exact) mass is 330 g/mol. The molecule has 1 aromatic carbocycles. The molecule has 0 spiro atoms. The molecule has 7 heteroatoms. The molecule has 1 aromatic rings. The van der Waals surface area contributed by atoms with Crippen LogP contribution in [0.1, 0.15) is 32.3 Å². The molecule has 1 aliphatic heterocycles. The van der Waals surface area contributed by atoms with Crippen LogP contribution in [0, 0.1) is 5.82 Å². The number of amidine groups is 1. The molecule has 0 radical (unpaired) electrons. The molecule has 0 saturated heterocycles. The zero-order chi connectivity index (χ0) is 16.6. The maximum Gasteiger partial charge on any atom is 0.165 e. The van der Waals surface area contributed by atoms with Crippen molar-refractivity contribution in [2.24, 2.45) is 10.7 Å². The number of alkyl halides is 1. The SMILES string of the molecule is CCS(=O)(=O)C1(CF)CC[C@@](C)(c2ccccc2F)N=C1N. The molecule has 0 saturated carbocycles. The highest BCUT2D eigenvalue weighted by atomic mass is 32.2. The van der Waals surface area contributed by atoms with Gasteiger partial charge in [-0.05, 0) is 25.8 Å². The van der Waals surface area contributed by atoms with E-state index in [1.165, 1.54) is 13.0 Å². The fraction of sp³-hybridized carbons (Fsp3) is 0.533. The molecule has 2 rings (SSSR count). The normalized spacial score (nSPS) is 29.2. The molecule has 1 aliphatic rings. The van der Waals surface area contributed by atoms with E-state index in [1.54, 1.807) is 25.1 Å². The number of aliphatic imine (C=N–C) groups is 1. The van der Waals surface area contributed by atoms with Gasteiger partial charge in [-0.1, -0.05) is 25.1 Å². The third-order valence-corrected chi connectivity index (χ3v) is 6.97. The number of rotatable bonds is 4. The molecule has 1 unspecified atom stereocenters. The van der Waals surface area contributed by atoms with E-state index in [-0.39, 0.29) is 24.4 Å². The molecule has 122 valence electrons. The first kappa shape index (κ1) is 16.9. The van der Waals surface area contributed by atoms with Crippen molar-refractivity contribution in [3.05, 3.63) is 35.6 Å². The van der Waals surface area contributed by atoms with Crippen molar-refractivity contribution >= 4 is 15.7 Å². The van der Waals surface area contributed by atoms with Crippen molar-refractivity contribution < 1.29 is 17.2 Å². The predicted molar refractivity (Wildman–Crippen MR) is 82.8 cm³/mol. The van der Waals surface area contributed by atoms with Gasteiger partial charge in [-0.25, -0.2) is 17.2 Å². The Labute approximate surface area is 129 Å². The van der Waals surface area contributed by atoms with E-state index < -0.39 is 32.6 Å². The molecule has 0 aliphatic carbocycles. The topological polar surface area (TPSA) is 72.5 Å². The minimum absolute atomic E-state index is 0.0140. The van der Waals surface area contributed by atoms with Crippen LogP contribution in [0.5, 0.6) is 0 Å². The van der Waals surface area contributed by atoms with Gasteiger partial charge in [-0.2, -0.15) is 0 Å². The summed E-state index contributed by atoms with van der Waals surface area (Å²) in [5.41, 5.74) is 5.20. The highest BCUT2D eigenvalue weighted by Gasteiger charge is 2.51. The molecule has 0 bridgehead atoms. The zero-order valence-corrected chi connectivity index (χ0v) is 13.5. The minimum Gasteiger partial charge on any atom is -0.386 e. The summed E-state index contributed by atoms with van der Waals surface area (Å²) in [6.45, 7) is 2.01. The maximum absolute atomic E-state index is 14.0. The van der Waals surface area contributed by atoms with E-state index in [0.29, 0.717) is 5.56 Å². The number of sulfone groups is 1. The summed E-state index contributed by atoms with van der Waals surface area (Å²) >= 11 is 0. The highest BCUT2D eigenvalue weighted by molar-refractivity contribution is 7.93. The van der Waals surface area contributed by atoms with Crippen LogP contribution in [0.2, 0.25) is 0 Å². The summed E-state index contributed by atoms with van der Waals surface area (Å²) < 4.78 is 50.3. The third kappa shape index (κ3) is 2.41. The van der Waals surface area contributed by atoms with Crippen LogP contribution in [0.15, 0.2) is 29.3 Å². The second-order valence-electron chi connectivity index (χ2n) is 5.78. The standard InChI is InChI=1S/C15H20F2N2O2S/c1-3-22(20,21)15(10-16)9-8-14(2,19-13(15)18)11-6-4-5-7-12(11)17/h4-7H,3,8-10H2,1-2H3,(H2,18,19)/t14-,15?/m0/s1. The average Bonchev–Trinajstić information content (AvgIpc) is 2.48. The van der Waals surface area contributed by atoms with Crippen LogP contribution >= 0.6 is 0 Å². The largest absolute Gasteiger partial charge is 0.386 e. The van der Waals surface area contributed by atoms with Crippen LogP contribution < -0.4 is 5.73 Å². The fourth-order valence-corrected chi connectivity index (χ4v) is 4.40. The van der Waals surface area contributed by atoms with E-state index in [1.807, 2.05) is 0 Å². The van der Waals surface area contributed by atoms with Crippen LogP contribution in [0.3, 0.4) is 0 Å². The van der Waals surface area contributed by atoms with Gasteiger partial charge >= 0.3 is 0 Å². The zero-order valence-electron chi connectivity index (χ0n) is 12.6. The van der Waals surface area contributed by atoms with E-state index in [4.69, 9.17) is 5.73 Å². The van der Waals surface area contributed by atoms with Crippen molar-refractivity contribution in [1.82, 2.24) is 0 Å². The number of nitrogens with two attached hydrogens (primary N) is 1. The molecule has 0 fully saturated rings. The summed E-state index contributed by atoms with van der Waals surface area (Å²) in [6, 6.07) is 6.13. The van der Waals surface area contributed by atoms with E-state index in [2.05, 4.69) is 4.99 Å². The highest BCUT2D eigenvalue weighted by Crippen LogP contribution is 2.41.